The smallest absolute Gasteiger partial charge is 0.245 e. The summed E-state index contributed by atoms with van der Waals surface area (Å²) in [6, 6.07) is 6.77. The van der Waals surface area contributed by atoms with E-state index in [1.54, 1.807) is 24.3 Å². The second-order valence-electron chi connectivity index (χ2n) is 3.58. The van der Waals surface area contributed by atoms with Gasteiger partial charge in [0.05, 0.1) is 17.1 Å². The first-order chi connectivity index (χ1) is 8.04. The number of rotatable bonds is 3. The van der Waals surface area contributed by atoms with Crippen LogP contribution in [0.2, 0.25) is 0 Å². The Bertz CT molecular complexity index is 544. The third-order valence-corrected chi connectivity index (χ3v) is 4.54. The highest BCUT2D eigenvalue weighted by Crippen LogP contribution is 2.30. The van der Waals surface area contributed by atoms with Crippen molar-refractivity contribution < 1.29 is 13.2 Å². The van der Waals surface area contributed by atoms with Crippen molar-refractivity contribution in [1.29, 1.82) is 0 Å². The van der Waals surface area contributed by atoms with E-state index in [9.17, 15) is 13.2 Å². The normalized spacial score (nSPS) is 15.4. The molecule has 2 rings (SSSR count). The molecule has 0 fully saturated rings. The number of benzene rings is 1. The zero-order chi connectivity index (χ0) is 12.5. The number of carbonyl (C=O) groups excluding carboxylic acids is 1. The van der Waals surface area contributed by atoms with E-state index in [2.05, 4.69) is 5.32 Å². The molecule has 0 saturated heterocycles. The second-order valence-corrected chi connectivity index (χ2v) is 5.97. The molecule has 0 spiro atoms. The molecule has 92 valence electrons. The van der Waals surface area contributed by atoms with Crippen LogP contribution in [0.4, 0.5) is 11.4 Å². The molecule has 1 aliphatic heterocycles. The first-order valence-corrected chi connectivity index (χ1v) is 7.14. The fraction of sp³-hybridized carbons (Fsp3) is 0.300. The zero-order valence-corrected chi connectivity index (χ0v) is 10.5. The van der Waals surface area contributed by atoms with E-state index in [0.29, 0.717) is 11.4 Å². The van der Waals surface area contributed by atoms with Crippen molar-refractivity contribution in [3.8, 4) is 0 Å². The van der Waals surface area contributed by atoms with Gasteiger partial charge in [0.15, 0.2) is 0 Å². The number of sulfonamides is 1. The second kappa shape index (κ2) is 4.54. The Morgan fingerprint density at radius 1 is 1.35 bits per heavy atom. The molecule has 0 aliphatic carbocycles. The van der Waals surface area contributed by atoms with Gasteiger partial charge in [-0.3, -0.25) is 9.10 Å². The molecular formula is C10H11ClN2O3S. The summed E-state index contributed by atoms with van der Waals surface area (Å²) in [5.74, 6) is -0.527. The number of halogens is 1. The van der Waals surface area contributed by atoms with Crippen molar-refractivity contribution in [3.63, 3.8) is 0 Å². The Kier molecular flexibility index (Phi) is 3.26. The number of alkyl halides is 1. The summed E-state index contributed by atoms with van der Waals surface area (Å²) in [7, 11) is -3.54. The summed E-state index contributed by atoms with van der Waals surface area (Å²) >= 11 is 5.46. The Labute approximate surface area is 104 Å². The Morgan fingerprint density at radius 2 is 2.06 bits per heavy atom. The van der Waals surface area contributed by atoms with Crippen molar-refractivity contribution in [3.05, 3.63) is 24.3 Å². The Hall–Kier alpha value is -1.27. The maximum atomic E-state index is 12.0. The molecule has 0 unspecified atom stereocenters. The minimum absolute atomic E-state index is 0.00260. The van der Waals surface area contributed by atoms with Crippen molar-refractivity contribution in [1.82, 2.24) is 0 Å². The molecule has 0 atom stereocenters. The van der Waals surface area contributed by atoms with Gasteiger partial charge in [0, 0.05) is 5.88 Å². The molecule has 17 heavy (non-hydrogen) atoms. The van der Waals surface area contributed by atoms with Gasteiger partial charge in [-0.05, 0) is 12.1 Å². The van der Waals surface area contributed by atoms with Gasteiger partial charge in [-0.15, -0.1) is 11.6 Å². The van der Waals surface area contributed by atoms with Crippen LogP contribution in [0, 0.1) is 0 Å². The molecule has 1 amide bonds. The van der Waals surface area contributed by atoms with Crippen molar-refractivity contribution in [2.45, 2.75) is 0 Å². The van der Waals surface area contributed by atoms with E-state index in [0.717, 1.165) is 4.31 Å². The fourth-order valence-corrected chi connectivity index (χ4v) is 3.43. The van der Waals surface area contributed by atoms with Crippen molar-refractivity contribution >= 4 is 38.9 Å². The molecule has 1 N–H and O–H groups in total. The van der Waals surface area contributed by atoms with Gasteiger partial charge in [-0.1, -0.05) is 12.1 Å². The summed E-state index contributed by atoms with van der Waals surface area (Å²) < 4.78 is 25.0. The van der Waals surface area contributed by atoms with Gasteiger partial charge < -0.3 is 5.32 Å². The lowest BCUT2D eigenvalue weighted by Crippen LogP contribution is -2.43. The third kappa shape index (κ3) is 2.37. The first-order valence-electron chi connectivity index (χ1n) is 5.00. The number of nitrogens with zero attached hydrogens (tertiary/aromatic N) is 1. The van der Waals surface area contributed by atoms with Crippen LogP contribution in [0.15, 0.2) is 24.3 Å². The lowest BCUT2D eigenvalue weighted by Gasteiger charge is -2.29. The van der Waals surface area contributed by atoms with E-state index in [4.69, 9.17) is 11.6 Å². The first kappa shape index (κ1) is 12.2. The van der Waals surface area contributed by atoms with Crippen LogP contribution in [-0.4, -0.2) is 32.5 Å². The minimum Gasteiger partial charge on any atom is -0.323 e. The number of fused-ring (bicyclic) bond motifs is 1. The summed E-state index contributed by atoms with van der Waals surface area (Å²) in [6.45, 7) is -0.198. The van der Waals surface area contributed by atoms with Crippen LogP contribution in [0.25, 0.3) is 0 Å². The Balaban J connectivity index is 2.46. The third-order valence-electron chi connectivity index (χ3n) is 2.40. The van der Waals surface area contributed by atoms with Gasteiger partial charge >= 0.3 is 0 Å². The molecule has 5 nitrogen and oxygen atoms in total. The van der Waals surface area contributed by atoms with E-state index in [-0.39, 0.29) is 24.1 Å². The van der Waals surface area contributed by atoms with Crippen LogP contribution < -0.4 is 9.62 Å². The lowest BCUT2D eigenvalue weighted by molar-refractivity contribution is -0.115. The predicted molar refractivity (Wildman–Crippen MR) is 66.9 cm³/mol. The highest BCUT2D eigenvalue weighted by Gasteiger charge is 2.30. The standard InChI is InChI=1S/C10H11ClN2O3S/c11-5-6-17(15,16)13-7-10(14)12-8-3-1-2-4-9(8)13/h1-4H,5-7H2,(H,12,14). The number of hydrogen-bond acceptors (Lipinski definition) is 3. The van der Waals surface area contributed by atoms with Gasteiger partial charge in [-0.2, -0.15) is 0 Å². The topological polar surface area (TPSA) is 66.5 Å². The maximum Gasteiger partial charge on any atom is 0.245 e. The van der Waals surface area contributed by atoms with Crippen molar-refractivity contribution in [2.24, 2.45) is 0 Å². The number of anilines is 2. The van der Waals surface area contributed by atoms with Gasteiger partial charge in [0.2, 0.25) is 15.9 Å². The molecule has 1 aromatic carbocycles. The van der Waals surface area contributed by atoms with Crippen LogP contribution >= 0.6 is 11.6 Å². The highest BCUT2D eigenvalue weighted by atomic mass is 35.5. The van der Waals surface area contributed by atoms with Gasteiger partial charge in [-0.25, -0.2) is 8.42 Å². The minimum atomic E-state index is -3.54. The number of para-hydroxylation sites is 2. The van der Waals surface area contributed by atoms with Crippen LogP contribution in [0.1, 0.15) is 0 Å². The molecular weight excluding hydrogens is 264 g/mol. The summed E-state index contributed by atoms with van der Waals surface area (Å²) in [5.41, 5.74) is 0.985. The van der Waals surface area contributed by atoms with Crippen LogP contribution in [0.5, 0.6) is 0 Å². The van der Waals surface area contributed by atoms with Gasteiger partial charge in [0.1, 0.15) is 6.54 Å². The monoisotopic (exact) mass is 274 g/mol. The molecule has 1 heterocycles. The molecule has 0 aromatic heterocycles. The number of carbonyl (C=O) groups is 1. The van der Waals surface area contributed by atoms with Crippen LogP contribution in [-0.2, 0) is 14.8 Å². The van der Waals surface area contributed by atoms with Crippen molar-refractivity contribution in [2.75, 3.05) is 27.8 Å². The van der Waals surface area contributed by atoms with E-state index < -0.39 is 10.0 Å². The SMILES string of the molecule is O=C1CN(S(=O)(=O)CCCl)c2ccccc2N1. The molecule has 1 aliphatic rings. The Morgan fingerprint density at radius 3 is 2.76 bits per heavy atom. The zero-order valence-electron chi connectivity index (χ0n) is 8.89. The summed E-state index contributed by atoms with van der Waals surface area (Å²) in [6.07, 6.45) is 0. The number of hydrogen-bond donors (Lipinski definition) is 1. The summed E-state index contributed by atoms with van der Waals surface area (Å²) in [5, 5.41) is 2.63. The quantitative estimate of drug-likeness (QED) is 0.837. The predicted octanol–water partition coefficient (Wildman–Crippen LogP) is 1.01. The maximum absolute atomic E-state index is 12.0. The van der Waals surface area contributed by atoms with E-state index in [1.807, 2.05) is 0 Å². The fourth-order valence-electron chi connectivity index (χ4n) is 1.66. The molecule has 0 radical (unpaired) electrons. The lowest BCUT2D eigenvalue weighted by atomic mass is 10.2. The average molecular weight is 275 g/mol. The van der Waals surface area contributed by atoms with Crippen LogP contribution in [0.3, 0.4) is 0 Å². The largest absolute Gasteiger partial charge is 0.323 e. The van der Waals surface area contributed by atoms with E-state index >= 15 is 0 Å². The molecule has 1 aromatic rings. The molecule has 0 bridgehead atoms. The average Bonchev–Trinajstić information content (AvgIpc) is 2.27. The molecule has 0 saturated carbocycles. The highest BCUT2D eigenvalue weighted by molar-refractivity contribution is 7.92. The van der Waals surface area contributed by atoms with E-state index in [1.165, 1.54) is 0 Å². The van der Waals surface area contributed by atoms with Gasteiger partial charge in [0.25, 0.3) is 0 Å². The number of nitrogens with one attached hydrogen (secondary N) is 1. The molecule has 7 heteroatoms. The number of amides is 1. The summed E-state index contributed by atoms with van der Waals surface area (Å²) in [4.78, 5) is 11.4.